The van der Waals surface area contributed by atoms with Crippen molar-refractivity contribution in [1.29, 1.82) is 0 Å². The summed E-state index contributed by atoms with van der Waals surface area (Å²) >= 11 is 3.40. The van der Waals surface area contributed by atoms with Crippen LogP contribution in [-0.2, 0) is 16.1 Å². The molecule has 5 nitrogen and oxygen atoms in total. The molecule has 0 unspecified atom stereocenters. The van der Waals surface area contributed by atoms with E-state index in [1.165, 1.54) is 0 Å². The van der Waals surface area contributed by atoms with Crippen molar-refractivity contribution in [3.63, 3.8) is 0 Å². The van der Waals surface area contributed by atoms with E-state index in [1.807, 2.05) is 35.0 Å². The molecule has 6 heteroatoms. The van der Waals surface area contributed by atoms with E-state index in [4.69, 9.17) is 5.11 Å². The number of benzene rings is 1. The van der Waals surface area contributed by atoms with Gasteiger partial charge in [-0.2, -0.15) is 0 Å². The minimum absolute atomic E-state index is 0.0644. The van der Waals surface area contributed by atoms with Gasteiger partial charge in [0.2, 0.25) is 5.91 Å². The molecule has 1 aromatic heterocycles. The molecule has 0 radical (unpaired) electrons. The third-order valence-electron chi connectivity index (χ3n) is 2.71. The number of carboxylic acids is 1. The number of carbonyl (C=O) groups excluding carboxylic acids is 1. The van der Waals surface area contributed by atoms with Crippen molar-refractivity contribution in [3.8, 4) is 0 Å². The van der Waals surface area contributed by atoms with E-state index in [0.717, 1.165) is 15.4 Å². The van der Waals surface area contributed by atoms with Gasteiger partial charge in [0, 0.05) is 28.1 Å². The zero-order valence-corrected chi connectivity index (χ0v) is 11.7. The second-order valence-corrected chi connectivity index (χ2v) is 5.06. The fraction of sp³-hybridized carbons (Fsp3) is 0.231. The molecule has 0 aliphatic rings. The Morgan fingerprint density at radius 2 is 2.11 bits per heavy atom. The fourth-order valence-corrected chi connectivity index (χ4v) is 2.21. The SMILES string of the molecule is O=C(O)CCNC(=O)Cn1ccc2cc(Br)ccc21. The Morgan fingerprint density at radius 3 is 2.84 bits per heavy atom. The lowest BCUT2D eigenvalue weighted by atomic mass is 10.2. The van der Waals surface area contributed by atoms with Crippen molar-refractivity contribution in [2.45, 2.75) is 13.0 Å². The normalized spacial score (nSPS) is 10.6. The zero-order chi connectivity index (χ0) is 13.8. The summed E-state index contributed by atoms with van der Waals surface area (Å²) in [5, 5.41) is 12.1. The fourth-order valence-electron chi connectivity index (χ4n) is 1.83. The highest BCUT2D eigenvalue weighted by atomic mass is 79.9. The monoisotopic (exact) mass is 324 g/mol. The van der Waals surface area contributed by atoms with Gasteiger partial charge in [-0.3, -0.25) is 9.59 Å². The molecule has 0 aliphatic carbocycles. The Balaban J connectivity index is 2.01. The van der Waals surface area contributed by atoms with Gasteiger partial charge in [-0.1, -0.05) is 15.9 Å². The van der Waals surface area contributed by atoms with Crippen LogP contribution in [0.3, 0.4) is 0 Å². The van der Waals surface area contributed by atoms with Crippen molar-refractivity contribution in [2.24, 2.45) is 0 Å². The summed E-state index contributed by atoms with van der Waals surface area (Å²) in [6.45, 7) is 0.337. The van der Waals surface area contributed by atoms with E-state index >= 15 is 0 Å². The Kier molecular flexibility index (Phi) is 4.21. The number of carbonyl (C=O) groups is 2. The van der Waals surface area contributed by atoms with Crippen molar-refractivity contribution in [2.75, 3.05) is 6.54 Å². The number of nitrogens with zero attached hydrogens (tertiary/aromatic N) is 1. The van der Waals surface area contributed by atoms with Gasteiger partial charge in [0.25, 0.3) is 0 Å². The smallest absolute Gasteiger partial charge is 0.305 e. The van der Waals surface area contributed by atoms with Crippen molar-refractivity contribution >= 4 is 38.7 Å². The Bertz CT molecular complexity index is 621. The first-order valence-electron chi connectivity index (χ1n) is 5.79. The minimum Gasteiger partial charge on any atom is -0.481 e. The third kappa shape index (κ3) is 3.57. The maximum Gasteiger partial charge on any atom is 0.305 e. The van der Waals surface area contributed by atoms with Gasteiger partial charge in [-0.05, 0) is 24.3 Å². The Labute approximate surface area is 118 Å². The van der Waals surface area contributed by atoms with Gasteiger partial charge in [0.15, 0.2) is 0 Å². The van der Waals surface area contributed by atoms with E-state index in [0.29, 0.717) is 0 Å². The van der Waals surface area contributed by atoms with E-state index in [9.17, 15) is 9.59 Å². The highest BCUT2D eigenvalue weighted by molar-refractivity contribution is 9.10. The third-order valence-corrected chi connectivity index (χ3v) is 3.20. The molecule has 100 valence electrons. The van der Waals surface area contributed by atoms with Crippen LogP contribution in [0.2, 0.25) is 0 Å². The number of aliphatic carboxylic acids is 1. The van der Waals surface area contributed by atoms with Gasteiger partial charge in [-0.25, -0.2) is 0 Å². The van der Waals surface area contributed by atoms with Crippen molar-refractivity contribution in [1.82, 2.24) is 9.88 Å². The van der Waals surface area contributed by atoms with E-state index in [2.05, 4.69) is 21.2 Å². The van der Waals surface area contributed by atoms with Crippen LogP contribution in [0.1, 0.15) is 6.42 Å². The average Bonchev–Trinajstić information content (AvgIpc) is 2.71. The summed E-state index contributed by atoms with van der Waals surface area (Å²) in [4.78, 5) is 22.0. The van der Waals surface area contributed by atoms with Crippen LogP contribution in [0.15, 0.2) is 34.9 Å². The molecule has 19 heavy (non-hydrogen) atoms. The largest absolute Gasteiger partial charge is 0.481 e. The summed E-state index contributed by atoms with van der Waals surface area (Å²) in [5.41, 5.74) is 0.969. The van der Waals surface area contributed by atoms with Crippen LogP contribution in [0, 0.1) is 0 Å². The second kappa shape index (κ2) is 5.88. The molecule has 2 aromatic rings. The van der Waals surface area contributed by atoms with Crippen molar-refractivity contribution < 1.29 is 14.7 Å². The number of halogens is 1. The van der Waals surface area contributed by atoms with Crippen LogP contribution in [0.5, 0.6) is 0 Å². The number of nitrogens with one attached hydrogen (secondary N) is 1. The number of hydrogen-bond acceptors (Lipinski definition) is 2. The second-order valence-electron chi connectivity index (χ2n) is 4.14. The molecule has 0 saturated carbocycles. The van der Waals surface area contributed by atoms with Gasteiger partial charge in [0.1, 0.15) is 6.54 Å². The molecule has 0 aliphatic heterocycles. The number of hydrogen-bond donors (Lipinski definition) is 2. The van der Waals surface area contributed by atoms with Crippen LogP contribution in [0.4, 0.5) is 0 Å². The van der Waals surface area contributed by atoms with Crippen LogP contribution < -0.4 is 5.32 Å². The summed E-state index contributed by atoms with van der Waals surface area (Å²) in [7, 11) is 0. The molecule has 0 atom stereocenters. The van der Waals surface area contributed by atoms with E-state index in [1.54, 1.807) is 0 Å². The Hall–Kier alpha value is -1.82. The summed E-state index contributed by atoms with van der Waals surface area (Å²) < 4.78 is 2.82. The summed E-state index contributed by atoms with van der Waals surface area (Å²) in [5.74, 6) is -1.11. The molecule has 0 saturated heterocycles. The Morgan fingerprint density at radius 1 is 1.32 bits per heavy atom. The van der Waals surface area contributed by atoms with E-state index < -0.39 is 5.97 Å². The molecule has 0 bridgehead atoms. The summed E-state index contributed by atoms with van der Waals surface area (Å²) in [6, 6.07) is 7.77. The van der Waals surface area contributed by atoms with Crippen molar-refractivity contribution in [3.05, 3.63) is 34.9 Å². The maximum atomic E-state index is 11.7. The predicted octanol–water partition coefficient (Wildman–Crippen LogP) is 1.99. The molecule has 1 heterocycles. The topological polar surface area (TPSA) is 71.3 Å². The number of rotatable bonds is 5. The first-order valence-corrected chi connectivity index (χ1v) is 6.58. The van der Waals surface area contributed by atoms with Gasteiger partial charge >= 0.3 is 5.97 Å². The lowest BCUT2D eigenvalue weighted by Gasteiger charge is -2.06. The lowest BCUT2D eigenvalue weighted by molar-refractivity contribution is -0.136. The number of carboxylic acid groups (broad SMARTS) is 1. The lowest BCUT2D eigenvalue weighted by Crippen LogP contribution is -2.29. The molecular weight excluding hydrogens is 312 g/mol. The standard InChI is InChI=1S/C13H13BrN2O3/c14-10-1-2-11-9(7-10)4-6-16(11)8-12(17)15-5-3-13(18)19/h1-2,4,6-7H,3,5,8H2,(H,15,17)(H,18,19). The molecular formula is C13H13BrN2O3. The van der Waals surface area contributed by atoms with Gasteiger partial charge in [-0.15, -0.1) is 0 Å². The molecule has 0 spiro atoms. The molecule has 0 fully saturated rings. The van der Waals surface area contributed by atoms with Crippen LogP contribution in [-0.4, -0.2) is 28.1 Å². The quantitative estimate of drug-likeness (QED) is 0.883. The summed E-state index contributed by atoms with van der Waals surface area (Å²) in [6.07, 6.45) is 1.78. The highest BCUT2D eigenvalue weighted by Gasteiger charge is 2.07. The highest BCUT2D eigenvalue weighted by Crippen LogP contribution is 2.20. The van der Waals surface area contributed by atoms with Gasteiger partial charge in [0.05, 0.1) is 6.42 Å². The first-order chi connectivity index (χ1) is 9.06. The number of fused-ring (bicyclic) bond motifs is 1. The molecule has 1 aromatic carbocycles. The van der Waals surface area contributed by atoms with Crippen LogP contribution in [0.25, 0.3) is 10.9 Å². The average molecular weight is 325 g/mol. The number of amides is 1. The predicted molar refractivity (Wildman–Crippen MR) is 74.9 cm³/mol. The maximum absolute atomic E-state index is 11.7. The molecule has 2 N–H and O–H groups in total. The minimum atomic E-state index is -0.920. The number of aromatic nitrogens is 1. The first kappa shape index (κ1) is 13.6. The van der Waals surface area contributed by atoms with E-state index in [-0.39, 0.29) is 25.4 Å². The van der Waals surface area contributed by atoms with Gasteiger partial charge < -0.3 is 15.0 Å². The molecule has 1 amide bonds. The molecule has 2 rings (SSSR count). The van der Waals surface area contributed by atoms with Crippen LogP contribution >= 0.6 is 15.9 Å². The zero-order valence-electron chi connectivity index (χ0n) is 10.1.